The molecule has 1 amide bonds. The Morgan fingerprint density at radius 1 is 1.15 bits per heavy atom. The van der Waals surface area contributed by atoms with Crippen molar-refractivity contribution in [1.29, 1.82) is 0 Å². The van der Waals surface area contributed by atoms with E-state index < -0.39 is 17.6 Å². The molecule has 2 aromatic carbocycles. The fraction of sp³-hybridized carbons (Fsp3) is 0.350. The zero-order valence-corrected chi connectivity index (χ0v) is 15.0. The number of amides is 1. The average molecular weight is 365 g/mol. The number of halogens is 3. The summed E-state index contributed by atoms with van der Waals surface area (Å²) in [7, 11) is 0. The van der Waals surface area contributed by atoms with Crippen LogP contribution in [0.4, 0.5) is 13.2 Å². The van der Waals surface area contributed by atoms with Crippen LogP contribution >= 0.6 is 0 Å². The minimum Gasteiger partial charge on any atom is -0.483 e. The van der Waals surface area contributed by atoms with Crippen LogP contribution in [0.2, 0.25) is 0 Å². The predicted molar refractivity (Wildman–Crippen MR) is 94.1 cm³/mol. The lowest BCUT2D eigenvalue weighted by Crippen LogP contribution is -2.28. The monoisotopic (exact) mass is 365 g/mol. The summed E-state index contributed by atoms with van der Waals surface area (Å²) < 4.78 is 43.7. The molecule has 0 aromatic heterocycles. The molecule has 0 spiro atoms. The normalized spacial score (nSPS) is 11.5. The highest BCUT2D eigenvalue weighted by Crippen LogP contribution is 2.29. The van der Waals surface area contributed by atoms with Crippen molar-refractivity contribution in [2.45, 2.75) is 39.4 Å². The molecular weight excluding hydrogens is 343 g/mol. The molecule has 1 N–H and O–H groups in total. The fourth-order valence-electron chi connectivity index (χ4n) is 2.50. The van der Waals surface area contributed by atoms with Crippen LogP contribution in [0.5, 0.6) is 5.75 Å². The third-order valence-electron chi connectivity index (χ3n) is 3.89. The van der Waals surface area contributed by atoms with Gasteiger partial charge in [0.25, 0.3) is 5.91 Å². The van der Waals surface area contributed by atoms with E-state index in [1.807, 2.05) is 39.0 Å². The number of ether oxygens (including phenoxy) is 1. The lowest BCUT2D eigenvalue weighted by atomic mass is 10.0. The van der Waals surface area contributed by atoms with Crippen molar-refractivity contribution in [2.24, 2.45) is 0 Å². The summed E-state index contributed by atoms with van der Waals surface area (Å²) >= 11 is 0. The van der Waals surface area contributed by atoms with E-state index in [1.54, 1.807) is 0 Å². The molecule has 26 heavy (non-hydrogen) atoms. The van der Waals surface area contributed by atoms with Gasteiger partial charge in [0.1, 0.15) is 5.75 Å². The quantitative estimate of drug-likeness (QED) is 0.796. The highest BCUT2D eigenvalue weighted by molar-refractivity contribution is 5.77. The minimum absolute atomic E-state index is 0.0109. The van der Waals surface area contributed by atoms with E-state index in [-0.39, 0.29) is 19.1 Å². The van der Waals surface area contributed by atoms with Crippen molar-refractivity contribution in [3.8, 4) is 5.75 Å². The number of hydrogen-bond acceptors (Lipinski definition) is 2. The molecule has 2 rings (SSSR count). The molecule has 3 nitrogen and oxygen atoms in total. The zero-order chi connectivity index (χ0) is 19.3. The van der Waals surface area contributed by atoms with Crippen LogP contribution in [-0.4, -0.2) is 12.5 Å². The highest BCUT2D eigenvalue weighted by Gasteiger charge is 2.30. The number of nitrogens with one attached hydrogen (secondary N) is 1. The van der Waals surface area contributed by atoms with Gasteiger partial charge >= 0.3 is 6.18 Å². The Bertz CT molecular complexity index is 770. The number of alkyl halides is 3. The lowest BCUT2D eigenvalue weighted by molar-refractivity contribution is -0.137. The first-order valence-corrected chi connectivity index (χ1v) is 8.33. The summed E-state index contributed by atoms with van der Waals surface area (Å²) in [6.45, 7) is 5.82. The maximum absolute atomic E-state index is 12.7. The van der Waals surface area contributed by atoms with Crippen molar-refractivity contribution in [3.05, 3.63) is 64.7 Å². The fourth-order valence-corrected chi connectivity index (χ4v) is 2.50. The average Bonchev–Trinajstić information content (AvgIpc) is 2.57. The van der Waals surface area contributed by atoms with Crippen molar-refractivity contribution in [3.63, 3.8) is 0 Å². The Balaban J connectivity index is 1.93. The maximum Gasteiger partial charge on any atom is 0.416 e. The predicted octanol–water partition coefficient (Wildman–Crippen LogP) is 4.83. The summed E-state index contributed by atoms with van der Waals surface area (Å²) in [5, 5.41) is 2.58. The second-order valence-electron chi connectivity index (χ2n) is 6.46. The van der Waals surface area contributed by atoms with Crippen LogP contribution in [0, 0.1) is 6.92 Å². The number of benzene rings is 2. The molecule has 0 aliphatic heterocycles. The van der Waals surface area contributed by atoms with Crippen molar-refractivity contribution in [1.82, 2.24) is 5.32 Å². The van der Waals surface area contributed by atoms with Gasteiger partial charge in [0.15, 0.2) is 6.61 Å². The molecule has 0 heterocycles. The second-order valence-corrected chi connectivity index (χ2v) is 6.46. The summed E-state index contributed by atoms with van der Waals surface area (Å²) in [6.07, 6.45) is -4.40. The number of carbonyl (C=O) groups is 1. The molecule has 2 aromatic rings. The third-order valence-corrected chi connectivity index (χ3v) is 3.89. The second kappa shape index (κ2) is 8.25. The van der Waals surface area contributed by atoms with Crippen LogP contribution in [0.15, 0.2) is 42.5 Å². The van der Waals surface area contributed by atoms with Crippen LogP contribution in [0.1, 0.15) is 42.0 Å². The molecule has 0 radical (unpaired) electrons. The third kappa shape index (κ3) is 5.51. The van der Waals surface area contributed by atoms with Crippen molar-refractivity contribution >= 4 is 5.91 Å². The summed E-state index contributed by atoms with van der Waals surface area (Å²) in [6, 6.07) is 10.7. The van der Waals surface area contributed by atoms with Gasteiger partial charge in [0.2, 0.25) is 0 Å². The molecule has 0 aliphatic rings. The molecular formula is C20H22F3NO2. The Labute approximate surface area is 151 Å². The van der Waals surface area contributed by atoms with E-state index in [9.17, 15) is 18.0 Å². The standard InChI is InChI=1S/C20H22F3NO2/c1-13(2)17-8-7-14(3)9-18(17)26-12-19(25)24-11-15-5-4-6-16(10-15)20(21,22)23/h4-10,13H,11-12H2,1-3H3,(H,24,25). The van der Waals surface area contributed by atoms with Gasteiger partial charge in [0.05, 0.1) is 5.56 Å². The summed E-state index contributed by atoms with van der Waals surface area (Å²) in [4.78, 5) is 12.0. The first-order chi connectivity index (χ1) is 12.2. The van der Waals surface area contributed by atoms with Crippen LogP contribution in [-0.2, 0) is 17.5 Å². The van der Waals surface area contributed by atoms with Crippen molar-refractivity contribution in [2.75, 3.05) is 6.61 Å². The van der Waals surface area contributed by atoms with Crippen LogP contribution in [0.25, 0.3) is 0 Å². The summed E-state index contributed by atoms with van der Waals surface area (Å²) in [5.41, 5.74) is 1.67. The van der Waals surface area contributed by atoms with E-state index in [4.69, 9.17) is 4.74 Å². The number of hydrogen-bond donors (Lipinski definition) is 1. The Hall–Kier alpha value is -2.50. The van der Waals surface area contributed by atoms with Gasteiger partial charge in [-0.2, -0.15) is 13.2 Å². The molecule has 0 atom stereocenters. The number of aryl methyl sites for hydroxylation is 1. The first kappa shape index (κ1) is 19.8. The van der Waals surface area contributed by atoms with Crippen LogP contribution in [0.3, 0.4) is 0 Å². The smallest absolute Gasteiger partial charge is 0.416 e. The number of rotatable bonds is 6. The SMILES string of the molecule is Cc1ccc(C(C)C)c(OCC(=O)NCc2cccc(C(F)(F)F)c2)c1. The minimum atomic E-state index is -4.40. The van der Waals surface area contributed by atoms with Crippen molar-refractivity contribution < 1.29 is 22.7 Å². The van der Waals surface area contributed by atoms with E-state index in [0.29, 0.717) is 11.3 Å². The van der Waals surface area contributed by atoms with Gasteiger partial charge in [-0.05, 0) is 47.7 Å². The highest BCUT2D eigenvalue weighted by atomic mass is 19.4. The molecule has 0 bridgehead atoms. The molecule has 0 saturated carbocycles. The Morgan fingerprint density at radius 2 is 1.88 bits per heavy atom. The number of carbonyl (C=O) groups excluding carboxylic acids is 1. The van der Waals surface area contributed by atoms with Gasteiger partial charge in [-0.25, -0.2) is 0 Å². The zero-order valence-electron chi connectivity index (χ0n) is 15.0. The molecule has 0 unspecified atom stereocenters. The van der Waals surface area contributed by atoms with E-state index in [2.05, 4.69) is 5.32 Å². The largest absolute Gasteiger partial charge is 0.483 e. The molecule has 0 fully saturated rings. The van der Waals surface area contributed by atoms with E-state index in [0.717, 1.165) is 23.3 Å². The summed E-state index contributed by atoms with van der Waals surface area (Å²) in [5.74, 6) is 0.506. The molecule has 140 valence electrons. The van der Waals surface area contributed by atoms with Crippen LogP contribution < -0.4 is 10.1 Å². The van der Waals surface area contributed by atoms with Gasteiger partial charge in [-0.15, -0.1) is 0 Å². The molecule has 0 saturated heterocycles. The topological polar surface area (TPSA) is 38.3 Å². The van der Waals surface area contributed by atoms with Gasteiger partial charge in [0, 0.05) is 6.54 Å². The molecule has 6 heteroatoms. The van der Waals surface area contributed by atoms with Gasteiger partial charge in [-0.1, -0.05) is 38.1 Å². The van der Waals surface area contributed by atoms with Gasteiger partial charge in [-0.3, -0.25) is 4.79 Å². The van der Waals surface area contributed by atoms with E-state index >= 15 is 0 Å². The molecule has 0 aliphatic carbocycles. The maximum atomic E-state index is 12.7. The Morgan fingerprint density at radius 3 is 2.54 bits per heavy atom. The van der Waals surface area contributed by atoms with E-state index in [1.165, 1.54) is 12.1 Å². The lowest BCUT2D eigenvalue weighted by Gasteiger charge is -2.15. The Kier molecular flexibility index (Phi) is 6.29. The first-order valence-electron chi connectivity index (χ1n) is 8.33. The van der Waals surface area contributed by atoms with Gasteiger partial charge < -0.3 is 10.1 Å².